The van der Waals surface area contributed by atoms with Crippen LogP contribution < -0.4 is 0 Å². The Labute approximate surface area is 224 Å². The SMILES string of the molecule is CC(C)CCCCCCCCCCCC(=O)O[C@@H](CCCCCCCCCCCC(C)C)CC(=O)O. The number of carboxylic acid groups (broad SMARTS) is 1. The maximum absolute atomic E-state index is 12.2. The van der Waals surface area contributed by atoms with E-state index >= 15 is 0 Å². The number of carbonyl (C=O) groups is 2. The second-order valence-corrected chi connectivity index (χ2v) is 12.0. The Kier molecular flexibility index (Phi) is 24.8. The van der Waals surface area contributed by atoms with Gasteiger partial charge in [0.15, 0.2) is 0 Å². The van der Waals surface area contributed by atoms with Crippen molar-refractivity contribution in [3.05, 3.63) is 0 Å². The molecule has 0 aromatic carbocycles. The number of aliphatic carboxylic acids is 1. The van der Waals surface area contributed by atoms with Gasteiger partial charge >= 0.3 is 11.9 Å². The molecule has 1 atom stereocenters. The Morgan fingerprint density at radius 3 is 1.22 bits per heavy atom. The molecule has 0 aromatic heterocycles. The van der Waals surface area contributed by atoms with Gasteiger partial charge in [-0.1, -0.05) is 143 Å². The molecule has 0 amide bonds. The molecule has 0 rings (SSSR count). The minimum Gasteiger partial charge on any atom is -0.481 e. The van der Waals surface area contributed by atoms with Gasteiger partial charge in [0.05, 0.1) is 6.42 Å². The van der Waals surface area contributed by atoms with Crippen molar-refractivity contribution >= 4 is 11.9 Å². The molecule has 0 bridgehead atoms. The summed E-state index contributed by atoms with van der Waals surface area (Å²) in [5, 5.41) is 9.19. The summed E-state index contributed by atoms with van der Waals surface area (Å²) in [7, 11) is 0. The summed E-state index contributed by atoms with van der Waals surface area (Å²) in [4.78, 5) is 23.4. The molecular formula is C32H62O4. The predicted octanol–water partition coefficient (Wildman–Crippen LogP) is 10.3. The molecule has 4 heteroatoms. The molecule has 0 saturated heterocycles. The number of carbonyl (C=O) groups excluding carboxylic acids is 1. The highest BCUT2D eigenvalue weighted by molar-refractivity contribution is 5.71. The van der Waals surface area contributed by atoms with Crippen molar-refractivity contribution in [2.24, 2.45) is 11.8 Å². The third kappa shape index (κ3) is 27.5. The zero-order valence-electron chi connectivity index (χ0n) is 24.7. The number of carboxylic acids is 1. The molecule has 4 nitrogen and oxygen atoms in total. The normalized spacial score (nSPS) is 12.4. The van der Waals surface area contributed by atoms with Gasteiger partial charge in [0.25, 0.3) is 0 Å². The number of unbranched alkanes of at least 4 members (excludes halogenated alkanes) is 16. The molecule has 0 aliphatic carbocycles. The maximum Gasteiger partial charge on any atom is 0.307 e. The summed E-state index contributed by atoms with van der Waals surface area (Å²) in [5.41, 5.74) is 0. The van der Waals surface area contributed by atoms with Crippen LogP contribution in [0.3, 0.4) is 0 Å². The van der Waals surface area contributed by atoms with Crippen molar-refractivity contribution in [1.82, 2.24) is 0 Å². The van der Waals surface area contributed by atoms with E-state index in [0.717, 1.165) is 37.5 Å². The molecule has 0 aliphatic heterocycles. The zero-order chi connectivity index (χ0) is 26.9. The highest BCUT2D eigenvalue weighted by atomic mass is 16.5. The van der Waals surface area contributed by atoms with Gasteiger partial charge in [-0.15, -0.1) is 0 Å². The van der Waals surface area contributed by atoms with Gasteiger partial charge in [-0.2, -0.15) is 0 Å². The quantitative estimate of drug-likeness (QED) is 0.0881. The van der Waals surface area contributed by atoms with Crippen molar-refractivity contribution in [2.45, 2.75) is 181 Å². The Morgan fingerprint density at radius 1 is 0.528 bits per heavy atom. The van der Waals surface area contributed by atoms with Crippen LogP contribution in [0.15, 0.2) is 0 Å². The van der Waals surface area contributed by atoms with Gasteiger partial charge in [-0.05, 0) is 31.1 Å². The van der Waals surface area contributed by atoms with Crippen LogP contribution in [0.25, 0.3) is 0 Å². The van der Waals surface area contributed by atoms with Crippen molar-refractivity contribution < 1.29 is 19.4 Å². The molecule has 0 fully saturated rings. The zero-order valence-corrected chi connectivity index (χ0v) is 24.7. The number of rotatable bonds is 27. The number of hydrogen-bond donors (Lipinski definition) is 1. The molecule has 0 radical (unpaired) electrons. The average Bonchev–Trinajstić information content (AvgIpc) is 2.80. The van der Waals surface area contributed by atoms with Gasteiger partial charge in [-0.3, -0.25) is 9.59 Å². The van der Waals surface area contributed by atoms with E-state index in [0.29, 0.717) is 12.8 Å². The van der Waals surface area contributed by atoms with E-state index < -0.39 is 12.1 Å². The summed E-state index contributed by atoms with van der Waals surface area (Å²) >= 11 is 0. The predicted molar refractivity (Wildman–Crippen MR) is 153 cm³/mol. The van der Waals surface area contributed by atoms with E-state index in [4.69, 9.17) is 4.74 Å². The average molecular weight is 511 g/mol. The minimum absolute atomic E-state index is 0.0702. The van der Waals surface area contributed by atoms with E-state index in [-0.39, 0.29) is 12.4 Å². The fourth-order valence-corrected chi connectivity index (χ4v) is 4.86. The van der Waals surface area contributed by atoms with Crippen LogP contribution in [0.4, 0.5) is 0 Å². The molecule has 0 unspecified atom stereocenters. The first kappa shape index (κ1) is 34.9. The number of hydrogen-bond acceptors (Lipinski definition) is 3. The van der Waals surface area contributed by atoms with E-state index in [1.54, 1.807) is 0 Å². The Morgan fingerprint density at radius 2 is 0.861 bits per heavy atom. The first-order chi connectivity index (χ1) is 17.3. The van der Waals surface area contributed by atoms with Gasteiger partial charge in [0, 0.05) is 6.42 Å². The van der Waals surface area contributed by atoms with Crippen LogP contribution in [0.2, 0.25) is 0 Å². The van der Waals surface area contributed by atoms with Crippen LogP contribution in [0.1, 0.15) is 175 Å². The van der Waals surface area contributed by atoms with Crippen LogP contribution in [-0.2, 0) is 14.3 Å². The van der Waals surface area contributed by atoms with Gasteiger partial charge in [0.2, 0.25) is 0 Å². The summed E-state index contributed by atoms with van der Waals surface area (Å²) in [6.07, 6.45) is 25.5. The van der Waals surface area contributed by atoms with E-state index in [9.17, 15) is 14.7 Å². The highest BCUT2D eigenvalue weighted by Crippen LogP contribution is 2.17. The fraction of sp³-hybridized carbons (Fsp3) is 0.938. The summed E-state index contributed by atoms with van der Waals surface area (Å²) in [6, 6.07) is 0. The largest absolute Gasteiger partial charge is 0.481 e. The van der Waals surface area contributed by atoms with Crippen LogP contribution >= 0.6 is 0 Å². The van der Waals surface area contributed by atoms with E-state index in [2.05, 4.69) is 27.7 Å². The molecule has 0 saturated carbocycles. The van der Waals surface area contributed by atoms with Crippen molar-refractivity contribution in [3.8, 4) is 0 Å². The Hall–Kier alpha value is -1.06. The van der Waals surface area contributed by atoms with Crippen molar-refractivity contribution in [1.29, 1.82) is 0 Å². The van der Waals surface area contributed by atoms with Crippen LogP contribution in [-0.4, -0.2) is 23.1 Å². The molecule has 0 aromatic rings. The van der Waals surface area contributed by atoms with Gasteiger partial charge in [-0.25, -0.2) is 0 Å². The third-order valence-corrected chi connectivity index (χ3v) is 7.17. The van der Waals surface area contributed by atoms with Crippen molar-refractivity contribution in [3.63, 3.8) is 0 Å². The first-order valence-electron chi connectivity index (χ1n) is 15.7. The lowest BCUT2D eigenvalue weighted by Crippen LogP contribution is -2.21. The number of esters is 1. The Balaban J connectivity index is 3.70. The lowest BCUT2D eigenvalue weighted by molar-refractivity contribution is -0.153. The lowest BCUT2D eigenvalue weighted by Gasteiger charge is -2.16. The first-order valence-corrected chi connectivity index (χ1v) is 15.7. The fourth-order valence-electron chi connectivity index (χ4n) is 4.86. The summed E-state index contributed by atoms with van der Waals surface area (Å²) in [5.74, 6) is 0.548. The smallest absolute Gasteiger partial charge is 0.307 e. The van der Waals surface area contributed by atoms with Crippen LogP contribution in [0, 0.1) is 11.8 Å². The van der Waals surface area contributed by atoms with E-state index in [1.165, 1.54) is 103 Å². The van der Waals surface area contributed by atoms with Gasteiger partial charge < -0.3 is 9.84 Å². The highest BCUT2D eigenvalue weighted by Gasteiger charge is 2.17. The summed E-state index contributed by atoms with van der Waals surface area (Å²) < 4.78 is 5.54. The topological polar surface area (TPSA) is 63.6 Å². The molecule has 0 aliphatic rings. The number of ether oxygens (including phenoxy) is 1. The molecular weight excluding hydrogens is 448 g/mol. The molecule has 1 N–H and O–H groups in total. The van der Waals surface area contributed by atoms with Crippen LogP contribution in [0.5, 0.6) is 0 Å². The molecule has 36 heavy (non-hydrogen) atoms. The third-order valence-electron chi connectivity index (χ3n) is 7.17. The monoisotopic (exact) mass is 510 g/mol. The minimum atomic E-state index is -0.880. The molecule has 0 spiro atoms. The van der Waals surface area contributed by atoms with Crippen molar-refractivity contribution in [2.75, 3.05) is 0 Å². The second-order valence-electron chi connectivity index (χ2n) is 12.0. The molecule has 214 valence electrons. The summed E-state index contributed by atoms with van der Waals surface area (Å²) in [6.45, 7) is 9.17. The maximum atomic E-state index is 12.2. The second kappa shape index (κ2) is 25.6. The lowest BCUT2D eigenvalue weighted by atomic mass is 10.0. The van der Waals surface area contributed by atoms with Gasteiger partial charge in [0.1, 0.15) is 6.10 Å². The molecule has 0 heterocycles. The Bertz CT molecular complexity index is 500. The standard InChI is InChI=1S/C32H62O4/c1-28(2)23-19-15-11-7-5-9-13-17-21-25-30(27-31(33)34)36-32(35)26-22-18-14-10-6-8-12-16-20-24-29(3)4/h28-30H,5-27H2,1-4H3,(H,33,34)/t30-/m0/s1. The van der Waals surface area contributed by atoms with E-state index in [1.807, 2.05) is 0 Å².